The van der Waals surface area contributed by atoms with Crippen molar-refractivity contribution >= 4 is 5.91 Å². The number of carbonyl (C=O) groups excluding carboxylic acids is 1. The van der Waals surface area contributed by atoms with E-state index in [1.807, 2.05) is 0 Å². The Kier molecular flexibility index (Phi) is 6.02. The van der Waals surface area contributed by atoms with E-state index in [0.29, 0.717) is 5.70 Å². The van der Waals surface area contributed by atoms with E-state index in [4.69, 9.17) is 0 Å². The number of nitrogens with zero attached hydrogens (tertiary/aromatic N) is 2. The van der Waals surface area contributed by atoms with Gasteiger partial charge in [0, 0.05) is 5.70 Å². The molecule has 20 heavy (non-hydrogen) atoms. The van der Waals surface area contributed by atoms with Crippen molar-refractivity contribution in [1.82, 2.24) is 15.3 Å². The zero-order chi connectivity index (χ0) is 15.0. The fourth-order valence-electron chi connectivity index (χ4n) is 1.14. The number of aromatic nitrogens is 2. The molecule has 1 amide bonds. The maximum absolute atomic E-state index is 11.9. The SMILES string of the molecule is C=C/C=C(\C=C)NC(=O)c1cnc(OCC(F)F)cn1. The molecule has 0 unspecified atom stereocenters. The molecule has 5 nitrogen and oxygen atoms in total. The number of rotatable bonds is 7. The highest BCUT2D eigenvalue weighted by molar-refractivity contribution is 5.93. The van der Waals surface area contributed by atoms with Gasteiger partial charge >= 0.3 is 0 Å². The van der Waals surface area contributed by atoms with E-state index in [-0.39, 0.29) is 11.6 Å². The lowest BCUT2D eigenvalue weighted by atomic mass is 10.3. The molecule has 0 saturated carbocycles. The molecular weight excluding hydrogens is 268 g/mol. The lowest BCUT2D eigenvalue weighted by Crippen LogP contribution is -2.23. The first-order chi connectivity index (χ1) is 9.56. The highest BCUT2D eigenvalue weighted by atomic mass is 19.3. The van der Waals surface area contributed by atoms with Crippen LogP contribution in [-0.4, -0.2) is 28.9 Å². The minimum atomic E-state index is -2.60. The standard InChI is InChI=1S/C13H13F2N3O2/c1-3-5-9(4-2)18-13(19)10-6-17-12(7-16-10)20-8-11(14)15/h3-7,11H,1-2,8H2,(H,18,19)/b9-5+. The van der Waals surface area contributed by atoms with Crippen LogP contribution in [0.3, 0.4) is 0 Å². The molecule has 0 aliphatic rings. The first-order valence-electron chi connectivity index (χ1n) is 5.56. The van der Waals surface area contributed by atoms with Gasteiger partial charge in [0.2, 0.25) is 5.88 Å². The molecule has 0 saturated heterocycles. The van der Waals surface area contributed by atoms with Crippen LogP contribution >= 0.6 is 0 Å². The van der Waals surface area contributed by atoms with Gasteiger partial charge in [-0.1, -0.05) is 19.2 Å². The summed E-state index contributed by atoms with van der Waals surface area (Å²) in [5.74, 6) is -0.585. The van der Waals surface area contributed by atoms with Gasteiger partial charge in [-0.05, 0) is 12.2 Å². The number of halogens is 2. The predicted molar refractivity (Wildman–Crippen MR) is 69.5 cm³/mol. The number of alkyl halides is 2. The highest BCUT2D eigenvalue weighted by Crippen LogP contribution is 2.06. The second-order valence-electron chi connectivity index (χ2n) is 3.46. The van der Waals surface area contributed by atoms with Crippen molar-refractivity contribution < 1.29 is 18.3 Å². The van der Waals surface area contributed by atoms with Gasteiger partial charge in [0.15, 0.2) is 6.61 Å². The summed E-state index contributed by atoms with van der Waals surface area (Å²) in [6, 6.07) is 0. The van der Waals surface area contributed by atoms with E-state index >= 15 is 0 Å². The summed E-state index contributed by atoms with van der Waals surface area (Å²) in [6.07, 6.45) is 4.11. The maximum Gasteiger partial charge on any atom is 0.275 e. The van der Waals surface area contributed by atoms with E-state index in [2.05, 4.69) is 33.2 Å². The van der Waals surface area contributed by atoms with Crippen molar-refractivity contribution in [3.63, 3.8) is 0 Å². The Hall–Kier alpha value is -2.57. The molecule has 1 aromatic heterocycles. The van der Waals surface area contributed by atoms with E-state index in [0.717, 1.165) is 12.4 Å². The summed E-state index contributed by atoms with van der Waals surface area (Å²) in [5, 5.41) is 2.52. The Morgan fingerprint density at radius 2 is 2.15 bits per heavy atom. The Morgan fingerprint density at radius 3 is 2.65 bits per heavy atom. The van der Waals surface area contributed by atoms with Gasteiger partial charge in [-0.25, -0.2) is 18.7 Å². The number of ether oxygens (including phenoxy) is 1. The molecule has 0 fully saturated rings. The molecule has 0 bridgehead atoms. The average molecular weight is 281 g/mol. The third-order valence-corrected chi connectivity index (χ3v) is 1.99. The molecular formula is C13H13F2N3O2. The topological polar surface area (TPSA) is 64.1 Å². The molecule has 0 atom stereocenters. The van der Waals surface area contributed by atoms with Gasteiger partial charge < -0.3 is 10.1 Å². The van der Waals surface area contributed by atoms with Crippen LogP contribution in [0.15, 0.2) is 49.5 Å². The van der Waals surface area contributed by atoms with Crippen molar-refractivity contribution in [3.05, 3.63) is 55.2 Å². The molecule has 0 aromatic carbocycles. The molecule has 106 valence electrons. The molecule has 1 rings (SSSR count). The largest absolute Gasteiger partial charge is 0.470 e. The average Bonchev–Trinajstić information content (AvgIpc) is 2.45. The molecule has 1 N–H and O–H groups in total. The zero-order valence-electron chi connectivity index (χ0n) is 10.6. The third-order valence-electron chi connectivity index (χ3n) is 1.99. The minimum Gasteiger partial charge on any atom is -0.470 e. The first kappa shape index (κ1) is 15.5. The Labute approximate surface area is 114 Å². The Bertz CT molecular complexity index is 513. The van der Waals surface area contributed by atoms with Crippen LogP contribution in [-0.2, 0) is 0 Å². The van der Waals surface area contributed by atoms with Gasteiger partial charge in [-0.3, -0.25) is 4.79 Å². The quantitative estimate of drug-likeness (QED) is 0.777. The second-order valence-corrected chi connectivity index (χ2v) is 3.46. The molecule has 1 aromatic rings. The molecule has 0 aliphatic carbocycles. The van der Waals surface area contributed by atoms with Crippen LogP contribution in [0, 0.1) is 0 Å². The Balaban J connectivity index is 2.68. The van der Waals surface area contributed by atoms with Gasteiger partial charge in [-0.15, -0.1) is 0 Å². The Morgan fingerprint density at radius 1 is 1.40 bits per heavy atom. The van der Waals surface area contributed by atoms with Crippen LogP contribution < -0.4 is 10.1 Å². The minimum absolute atomic E-state index is 0.0196. The lowest BCUT2D eigenvalue weighted by Gasteiger charge is -2.06. The highest BCUT2D eigenvalue weighted by Gasteiger charge is 2.10. The monoisotopic (exact) mass is 281 g/mol. The summed E-state index contributed by atoms with van der Waals surface area (Å²) >= 11 is 0. The molecule has 0 aliphatic heterocycles. The normalized spacial score (nSPS) is 11.1. The number of carbonyl (C=O) groups is 1. The lowest BCUT2D eigenvalue weighted by molar-refractivity contribution is 0.0792. The van der Waals surface area contributed by atoms with Crippen LogP contribution in [0.5, 0.6) is 5.88 Å². The summed E-state index contributed by atoms with van der Waals surface area (Å²) in [6.45, 7) is 6.24. The van der Waals surface area contributed by atoms with Crippen molar-refractivity contribution in [2.24, 2.45) is 0 Å². The van der Waals surface area contributed by atoms with Crippen LogP contribution in [0.25, 0.3) is 0 Å². The predicted octanol–water partition coefficient (Wildman–Crippen LogP) is 2.11. The molecule has 1 heterocycles. The van der Waals surface area contributed by atoms with Crippen molar-refractivity contribution in [1.29, 1.82) is 0 Å². The number of amides is 1. The molecule has 0 radical (unpaired) electrons. The van der Waals surface area contributed by atoms with Gasteiger partial charge in [0.05, 0.1) is 12.4 Å². The van der Waals surface area contributed by atoms with Crippen molar-refractivity contribution in [2.75, 3.05) is 6.61 Å². The molecule has 0 spiro atoms. The van der Waals surface area contributed by atoms with E-state index < -0.39 is 18.9 Å². The molecule has 7 heteroatoms. The number of allylic oxidation sites excluding steroid dienone is 3. The van der Waals surface area contributed by atoms with Crippen LogP contribution in [0.4, 0.5) is 8.78 Å². The summed E-state index contributed by atoms with van der Waals surface area (Å²) in [5.41, 5.74) is 0.469. The van der Waals surface area contributed by atoms with Gasteiger partial charge in [-0.2, -0.15) is 0 Å². The third kappa shape index (κ3) is 4.97. The summed E-state index contributed by atoms with van der Waals surface area (Å²) in [7, 11) is 0. The van der Waals surface area contributed by atoms with Gasteiger partial charge in [0.1, 0.15) is 5.69 Å². The zero-order valence-corrected chi connectivity index (χ0v) is 10.6. The van der Waals surface area contributed by atoms with Crippen LogP contribution in [0.2, 0.25) is 0 Å². The fraction of sp³-hybridized carbons (Fsp3) is 0.154. The van der Waals surface area contributed by atoms with Crippen molar-refractivity contribution in [2.45, 2.75) is 6.43 Å². The van der Waals surface area contributed by atoms with E-state index in [9.17, 15) is 13.6 Å². The van der Waals surface area contributed by atoms with Gasteiger partial charge in [0.25, 0.3) is 12.3 Å². The smallest absolute Gasteiger partial charge is 0.275 e. The number of hydrogen-bond donors (Lipinski definition) is 1. The van der Waals surface area contributed by atoms with Crippen molar-refractivity contribution in [3.8, 4) is 5.88 Å². The number of hydrogen-bond acceptors (Lipinski definition) is 4. The second kappa shape index (κ2) is 7.78. The van der Waals surface area contributed by atoms with Crippen LogP contribution in [0.1, 0.15) is 10.5 Å². The maximum atomic E-state index is 11.9. The number of nitrogens with one attached hydrogen (secondary N) is 1. The summed E-state index contributed by atoms with van der Waals surface area (Å²) in [4.78, 5) is 19.2. The van der Waals surface area contributed by atoms with E-state index in [1.54, 1.807) is 6.08 Å². The van der Waals surface area contributed by atoms with E-state index in [1.165, 1.54) is 12.2 Å². The summed E-state index contributed by atoms with van der Waals surface area (Å²) < 4.78 is 28.5. The first-order valence-corrected chi connectivity index (χ1v) is 5.56. The fourth-order valence-corrected chi connectivity index (χ4v) is 1.14.